The molecule has 1 aromatic carbocycles. The lowest BCUT2D eigenvalue weighted by atomic mass is 9.99. The first-order valence-corrected chi connectivity index (χ1v) is 12.2. The fraction of sp³-hybridized carbons (Fsp3) is 0.370. The maximum Gasteiger partial charge on any atom is 0.256 e. The molecular weight excluding hydrogens is 460 g/mol. The number of fused-ring (bicyclic) bond motifs is 1. The molecule has 1 aliphatic carbocycles. The van der Waals surface area contributed by atoms with E-state index < -0.39 is 6.10 Å². The highest BCUT2D eigenvalue weighted by molar-refractivity contribution is 6.07. The van der Waals surface area contributed by atoms with Crippen molar-refractivity contribution in [1.29, 1.82) is 5.41 Å². The molecule has 2 unspecified atom stereocenters. The summed E-state index contributed by atoms with van der Waals surface area (Å²) in [6.45, 7) is 6.38. The van der Waals surface area contributed by atoms with Crippen LogP contribution < -0.4 is 10.1 Å². The molecule has 9 nitrogen and oxygen atoms in total. The van der Waals surface area contributed by atoms with Gasteiger partial charge in [0, 0.05) is 43.0 Å². The number of β-amino-alcohol motifs (C(OH)–C–C–N with tert-alkyl or cyclic N) is 1. The molecule has 5 rings (SSSR count). The van der Waals surface area contributed by atoms with Crippen LogP contribution in [-0.2, 0) is 0 Å². The van der Waals surface area contributed by atoms with E-state index in [9.17, 15) is 14.7 Å². The molecule has 1 aliphatic heterocycles. The maximum atomic E-state index is 12.9. The van der Waals surface area contributed by atoms with Crippen molar-refractivity contribution < 1.29 is 23.8 Å². The number of aliphatic hydroxyl groups excluding tert-OH is 1. The minimum absolute atomic E-state index is 0.139. The van der Waals surface area contributed by atoms with Gasteiger partial charge < -0.3 is 34.9 Å². The van der Waals surface area contributed by atoms with E-state index in [0.717, 1.165) is 19.1 Å². The van der Waals surface area contributed by atoms with Crippen molar-refractivity contribution >= 4 is 34.8 Å². The minimum atomic E-state index is -0.505. The van der Waals surface area contributed by atoms with Crippen LogP contribution >= 0.6 is 0 Å². The molecule has 4 N–H and O–H groups in total. The van der Waals surface area contributed by atoms with E-state index in [0.29, 0.717) is 69.6 Å². The standard InChI is InChI=1S/C27H30N4O5/c1-14-20(27(34)31-13-21(32)15(31)2)12-29-25(14)22(8-9-28)36-18-6-7-19-23(10-18)35-16(3)24(19)26(33)30-11-17-4-5-17/h6-10,12,15,17,21,28-29,32H,4-5,11,13H2,1-3H3,(H,30,33)/b22-8+,28-9?. The summed E-state index contributed by atoms with van der Waals surface area (Å²) in [5.74, 6) is 1.65. The average Bonchev–Trinajstić information content (AvgIpc) is 3.52. The average molecular weight is 491 g/mol. The van der Waals surface area contributed by atoms with Gasteiger partial charge in [0.2, 0.25) is 0 Å². The van der Waals surface area contributed by atoms with Crippen LogP contribution in [0.5, 0.6) is 5.75 Å². The second-order valence-corrected chi connectivity index (χ2v) is 9.61. The number of furan rings is 1. The number of carbonyl (C=O) groups is 2. The zero-order valence-electron chi connectivity index (χ0n) is 20.6. The second kappa shape index (κ2) is 9.31. The summed E-state index contributed by atoms with van der Waals surface area (Å²) in [6, 6.07) is 5.03. The highest BCUT2D eigenvalue weighted by Gasteiger charge is 2.38. The molecule has 9 heteroatoms. The van der Waals surface area contributed by atoms with Gasteiger partial charge in [0.15, 0.2) is 5.76 Å². The lowest BCUT2D eigenvalue weighted by Gasteiger charge is -2.43. The number of aryl methyl sites for hydroxylation is 1. The lowest BCUT2D eigenvalue weighted by Crippen LogP contribution is -2.60. The van der Waals surface area contributed by atoms with Crippen LogP contribution in [0.4, 0.5) is 0 Å². The van der Waals surface area contributed by atoms with Gasteiger partial charge in [-0.15, -0.1) is 0 Å². The Kier molecular flexibility index (Phi) is 6.17. The molecule has 3 heterocycles. The number of nitrogens with zero attached hydrogens (tertiary/aromatic N) is 1. The number of hydrogen-bond acceptors (Lipinski definition) is 6. The Morgan fingerprint density at radius 3 is 2.78 bits per heavy atom. The maximum absolute atomic E-state index is 12.9. The molecule has 188 valence electrons. The van der Waals surface area contributed by atoms with Crippen molar-refractivity contribution in [3.8, 4) is 5.75 Å². The highest BCUT2D eigenvalue weighted by atomic mass is 16.5. The van der Waals surface area contributed by atoms with Gasteiger partial charge in [-0.25, -0.2) is 0 Å². The number of nitrogens with one attached hydrogen (secondary N) is 3. The summed E-state index contributed by atoms with van der Waals surface area (Å²) in [5.41, 5.74) is 2.81. The number of hydrogen-bond donors (Lipinski definition) is 4. The molecule has 1 saturated heterocycles. The largest absolute Gasteiger partial charge is 0.460 e. The zero-order chi connectivity index (χ0) is 25.6. The molecule has 3 aromatic rings. The summed E-state index contributed by atoms with van der Waals surface area (Å²) in [5, 5.41) is 21.1. The summed E-state index contributed by atoms with van der Waals surface area (Å²) < 4.78 is 12.0. The number of aromatic nitrogens is 1. The Morgan fingerprint density at radius 1 is 1.33 bits per heavy atom. The van der Waals surface area contributed by atoms with Gasteiger partial charge >= 0.3 is 0 Å². The predicted molar refractivity (Wildman–Crippen MR) is 135 cm³/mol. The first kappa shape index (κ1) is 23.9. The summed E-state index contributed by atoms with van der Waals surface area (Å²) in [7, 11) is 0. The fourth-order valence-corrected chi connectivity index (χ4v) is 4.55. The third-order valence-corrected chi connectivity index (χ3v) is 7.09. The molecule has 0 radical (unpaired) electrons. The van der Waals surface area contributed by atoms with E-state index >= 15 is 0 Å². The molecule has 0 spiro atoms. The smallest absolute Gasteiger partial charge is 0.256 e. The molecule has 2 fully saturated rings. The SMILES string of the molecule is Cc1oc2cc(O/C(=C/C=N)c3[nH]cc(C(=O)N4CC(O)C4C)c3C)ccc2c1C(=O)NCC1CC1. The summed E-state index contributed by atoms with van der Waals surface area (Å²) in [4.78, 5) is 30.4. The van der Waals surface area contributed by atoms with Gasteiger partial charge in [-0.2, -0.15) is 0 Å². The number of benzene rings is 1. The van der Waals surface area contributed by atoms with Crippen LogP contribution in [-0.4, -0.2) is 58.3 Å². The molecule has 2 aromatic heterocycles. The fourth-order valence-electron chi connectivity index (χ4n) is 4.55. The topological polar surface area (TPSA) is 132 Å². The number of amides is 2. The number of ether oxygens (including phenoxy) is 1. The minimum Gasteiger partial charge on any atom is -0.460 e. The van der Waals surface area contributed by atoms with Gasteiger partial charge in [0.25, 0.3) is 11.8 Å². The Morgan fingerprint density at radius 2 is 2.11 bits per heavy atom. The van der Waals surface area contributed by atoms with Crippen molar-refractivity contribution in [3.05, 3.63) is 58.6 Å². The van der Waals surface area contributed by atoms with Crippen LogP contribution in [0.1, 0.15) is 57.5 Å². The first-order valence-electron chi connectivity index (χ1n) is 12.2. The van der Waals surface area contributed by atoms with Crippen LogP contribution in [0.2, 0.25) is 0 Å². The van der Waals surface area contributed by atoms with Crippen molar-refractivity contribution in [2.75, 3.05) is 13.1 Å². The second-order valence-electron chi connectivity index (χ2n) is 9.61. The quantitative estimate of drug-likeness (QED) is 0.282. The Hall–Kier alpha value is -3.85. The van der Waals surface area contributed by atoms with E-state index in [2.05, 4.69) is 10.3 Å². The number of likely N-dealkylation sites (tertiary alicyclic amines) is 1. The molecule has 36 heavy (non-hydrogen) atoms. The molecule has 2 atom stereocenters. The Labute approximate surface area is 208 Å². The van der Waals surface area contributed by atoms with E-state index in [1.165, 1.54) is 6.08 Å². The lowest BCUT2D eigenvalue weighted by molar-refractivity contribution is -0.0357. The van der Waals surface area contributed by atoms with Crippen LogP contribution in [0.3, 0.4) is 0 Å². The van der Waals surface area contributed by atoms with Gasteiger partial charge in [-0.05, 0) is 57.2 Å². The number of rotatable bonds is 8. The molecule has 2 amide bonds. The summed E-state index contributed by atoms with van der Waals surface area (Å²) >= 11 is 0. The number of aromatic amines is 1. The van der Waals surface area contributed by atoms with Gasteiger partial charge in [0.05, 0.1) is 29.0 Å². The van der Waals surface area contributed by atoms with Crippen molar-refractivity contribution in [1.82, 2.24) is 15.2 Å². The highest BCUT2D eigenvalue weighted by Crippen LogP contribution is 2.33. The van der Waals surface area contributed by atoms with E-state index in [1.54, 1.807) is 36.2 Å². The van der Waals surface area contributed by atoms with E-state index in [4.69, 9.17) is 14.6 Å². The molecule has 1 saturated carbocycles. The van der Waals surface area contributed by atoms with Gasteiger partial charge in [-0.3, -0.25) is 9.59 Å². The van der Waals surface area contributed by atoms with Gasteiger partial charge in [0.1, 0.15) is 17.1 Å². The van der Waals surface area contributed by atoms with Crippen molar-refractivity contribution in [2.24, 2.45) is 5.92 Å². The molecule has 0 bridgehead atoms. The van der Waals surface area contributed by atoms with Crippen LogP contribution in [0.25, 0.3) is 16.7 Å². The summed E-state index contributed by atoms with van der Waals surface area (Å²) in [6.07, 6.45) is 6.05. The van der Waals surface area contributed by atoms with Crippen LogP contribution in [0.15, 0.2) is 34.9 Å². The Balaban J connectivity index is 1.38. The van der Waals surface area contributed by atoms with Gasteiger partial charge in [-0.1, -0.05) is 0 Å². The zero-order valence-corrected chi connectivity index (χ0v) is 20.6. The molecule has 2 aliphatic rings. The van der Waals surface area contributed by atoms with Crippen molar-refractivity contribution in [2.45, 2.75) is 45.8 Å². The predicted octanol–water partition coefficient (Wildman–Crippen LogP) is 3.79. The third kappa shape index (κ3) is 4.30. The molecular formula is C27H30N4O5. The third-order valence-electron chi connectivity index (χ3n) is 7.09. The first-order chi connectivity index (χ1) is 17.3. The van der Waals surface area contributed by atoms with E-state index in [-0.39, 0.29) is 17.9 Å². The number of H-pyrrole nitrogens is 1. The number of aliphatic hydroxyl groups is 1. The van der Waals surface area contributed by atoms with Crippen molar-refractivity contribution in [3.63, 3.8) is 0 Å². The monoisotopic (exact) mass is 490 g/mol. The number of carbonyl (C=O) groups excluding carboxylic acids is 2. The normalized spacial score (nSPS) is 19.8. The number of allylic oxidation sites excluding steroid dienone is 1. The van der Waals surface area contributed by atoms with Crippen LogP contribution in [0, 0.1) is 25.2 Å². The van der Waals surface area contributed by atoms with E-state index in [1.807, 2.05) is 13.8 Å². The Bertz CT molecular complexity index is 1380.